The smallest absolute Gasteiger partial charge is 0.326 e. The van der Waals surface area contributed by atoms with Crippen molar-refractivity contribution in [1.29, 1.82) is 0 Å². The van der Waals surface area contributed by atoms with Gasteiger partial charge in [-0.15, -0.1) is 0 Å². The molecule has 0 bridgehead atoms. The van der Waals surface area contributed by atoms with Crippen LogP contribution < -0.4 is 15.4 Å². The van der Waals surface area contributed by atoms with Crippen LogP contribution in [0.1, 0.15) is 6.42 Å². The predicted molar refractivity (Wildman–Crippen MR) is 73.2 cm³/mol. The number of esters is 1. The lowest BCUT2D eigenvalue weighted by molar-refractivity contribution is -0.147. The minimum atomic E-state index is -1.37. The monoisotopic (exact) mass is 296 g/mol. The first-order valence-corrected chi connectivity index (χ1v) is 5.97. The fourth-order valence-electron chi connectivity index (χ4n) is 1.48. The van der Waals surface area contributed by atoms with Crippen LogP contribution in [0.25, 0.3) is 0 Å². The Labute approximate surface area is 121 Å². The molecule has 0 unspecified atom stereocenters. The van der Waals surface area contributed by atoms with Crippen LogP contribution in [0.4, 0.5) is 10.5 Å². The summed E-state index contributed by atoms with van der Waals surface area (Å²) >= 11 is 0. The number of nitrogens with one attached hydrogen (secondary N) is 2. The van der Waals surface area contributed by atoms with E-state index in [1.807, 2.05) is 0 Å². The van der Waals surface area contributed by atoms with Crippen molar-refractivity contribution >= 4 is 23.7 Å². The molecule has 0 radical (unpaired) electrons. The van der Waals surface area contributed by atoms with Gasteiger partial charge in [-0.3, -0.25) is 4.79 Å². The van der Waals surface area contributed by atoms with Crippen LogP contribution in [-0.2, 0) is 14.3 Å². The third-order valence-corrected chi connectivity index (χ3v) is 2.53. The molecule has 0 aromatic heterocycles. The molecular formula is C13H16N2O6. The van der Waals surface area contributed by atoms with Gasteiger partial charge in [0.2, 0.25) is 0 Å². The molecule has 0 saturated carbocycles. The molecule has 0 aliphatic rings. The molecule has 0 spiro atoms. The molecule has 1 aromatic rings. The second-order valence-corrected chi connectivity index (χ2v) is 4.00. The van der Waals surface area contributed by atoms with Gasteiger partial charge in [0.1, 0.15) is 11.8 Å². The first-order chi connectivity index (χ1) is 9.96. The van der Waals surface area contributed by atoms with Gasteiger partial charge in [0.25, 0.3) is 0 Å². The number of urea groups is 1. The van der Waals surface area contributed by atoms with Gasteiger partial charge in [-0.25, -0.2) is 9.59 Å². The fourth-order valence-corrected chi connectivity index (χ4v) is 1.48. The Kier molecular flexibility index (Phi) is 5.99. The zero-order valence-electron chi connectivity index (χ0n) is 11.6. The van der Waals surface area contributed by atoms with Gasteiger partial charge >= 0.3 is 18.0 Å². The van der Waals surface area contributed by atoms with Crippen molar-refractivity contribution in [2.24, 2.45) is 0 Å². The number of carboxylic acids is 1. The number of amides is 2. The largest absolute Gasteiger partial charge is 0.497 e. The average molecular weight is 296 g/mol. The highest BCUT2D eigenvalue weighted by atomic mass is 16.5. The molecule has 0 fully saturated rings. The fraction of sp³-hybridized carbons (Fsp3) is 0.308. The van der Waals surface area contributed by atoms with Gasteiger partial charge in [-0.2, -0.15) is 0 Å². The number of aliphatic carboxylic acids is 1. The highest BCUT2D eigenvalue weighted by Gasteiger charge is 2.23. The number of rotatable bonds is 6. The Hall–Kier alpha value is -2.77. The number of benzene rings is 1. The summed E-state index contributed by atoms with van der Waals surface area (Å²) < 4.78 is 9.37. The van der Waals surface area contributed by atoms with E-state index < -0.39 is 30.4 Å². The van der Waals surface area contributed by atoms with Crippen molar-refractivity contribution in [3.63, 3.8) is 0 Å². The normalized spacial score (nSPS) is 11.1. The summed E-state index contributed by atoms with van der Waals surface area (Å²) in [5, 5.41) is 13.6. The van der Waals surface area contributed by atoms with Gasteiger partial charge in [0.15, 0.2) is 0 Å². The minimum absolute atomic E-state index is 0.425. The van der Waals surface area contributed by atoms with Gasteiger partial charge in [-0.05, 0) is 12.1 Å². The lowest BCUT2D eigenvalue weighted by atomic mass is 10.2. The van der Waals surface area contributed by atoms with E-state index in [9.17, 15) is 14.4 Å². The topological polar surface area (TPSA) is 114 Å². The van der Waals surface area contributed by atoms with Crippen LogP contribution in [-0.4, -0.2) is 43.3 Å². The van der Waals surface area contributed by atoms with Crippen molar-refractivity contribution in [3.8, 4) is 5.75 Å². The number of carboxylic acid groups (broad SMARTS) is 1. The summed E-state index contributed by atoms with van der Waals surface area (Å²) in [7, 11) is 2.62. The summed E-state index contributed by atoms with van der Waals surface area (Å²) in [6.45, 7) is 0. The number of ether oxygens (including phenoxy) is 2. The maximum Gasteiger partial charge on any atom is 0.326 e. The first-order valence-electron chi connectivity index (χ1n) is 5.97. The molecule has 3 N–H and O–H groups in total. The van der Waals surface area contributed by atoms with Crippen LogP contribution >= 0.6 is 0 Å². The van der Waals surface area contributed by atoms with E-state index in [1.54, 1.807) is 24.3 Å². The number of hydrogen-bond donors (Lipinski definition) is 3. The third kappa shape index (κ3) is 5.39. The highest BCUT2D eigenvalue weighted by Crippen LogP contribution is 2.16. The van der Waals surface area contributed by atoms with E-state index in [-0.39, 0.29) is 0 Å². The van der Waals surface area contributed by atoms with Crippen molar-refractivity contribution in [2.75, 3.05) is 19.5 Å². The van der Waals surface area contributed by atoms with Gasteiger partial charge < -0.3 is 25.2 Å². The summed E-state index contributed by atoms with van der Waals surface area (Å²) in [5.41, 5.74) is 0.425. The van der Waals surface area contributed by atoms with Crippen LogP contribution in [0, 0.1) is 0 Å². The van der Waals surface area contributed by atoms with E-state index in [0.29, 0.717) is 11.4 Å². The van der Waals surface area contributed by atoms with Crippen LogP contribution in [0.2, 0.25) is 0 Å². The van der Waals surface area contributed by atoms with E-state index >= 15 is 0 Å². The molecule has 0 aliphatic carbocycles. The number of methoxy groups -OCH3 is 2. The molecule has 1 rings (SSSR count). The third-order valence-electron chi connectivity index (χ3n) is 2.53. The van der Waals surface area contributed by atoms with Crippen LogP contribution in [0.15, 0.2) is 24.3 Å². The van der Waals surface area contributed by atoms with Crippen molar-refractivity contribution in [1.82, 2.24) is 5.32 Å². The van der Waals surface area contributed by atoms with E-state index in [4.69, 9.17) is 9.84 Å². The van der Waals surface area contributed by atoms with Crippen molar-refractivity contribution in [3.05, 3.63) is 24.3 Å². The Morgan fingerprint density at radius 3 is 2.57 bits per heavy atom. The SMILES string of the molecule is COC(=O)C[C@H](NC(=O)Nc1cccc(OC)c1)C(=O)O. The van der Waals surface area contributed by atoms with Crippen LogP contribution in [0.5, 0.6) is 5.75 Å². The molecule has 114 valence electrons. The Bertz CT molecular complexity index is 531. The lowest BCUT2D eigenvalue weighted by Gasteiger charge is -2.14. The summed E-state index contributed by atoms with van der Waals surface area (Å²) in [6, 6.07) is 4.41. The summed E-state index contributed by atoms with van der Waals surface area (Å²) in [4.78, 5) is 33.8. The molecular weight excluding hydrogens is 280 g/mol. The quantitative estimate of drug-likeness (QED) is 0.670. The van der Waals surface area contributed by atoms with E-state index in [2.05, 4.69) is 15.4 Å². The maximum atomic E-state index is 11.7. The maximum absolute atomic E-state index is 11.7. The Balaban J connectivity index is 2.65. The first kappa shape index (κ1) is 16.3. The van der Waals surface area contributed by atoms with E-state index in [0.717, 1.165) is 7.11 Å². The number of anilines is 1. The van der Waals surface area contributed by atoms with Crippen LogP contribution in [0.3, 0.4) is 0 Å². The van der Waals surface area contributed by atoms with Gasteiger partial charge in [0.05, 0.1) is 20.6 Å². The summed E-state index contributed by atoms with van der Waals surface area (Å²) in [6.07, 6.45) is -0.461. The molecule has 21 heavy (non-hydrogen) atoms. The number of carbonyl (C=O) groups excluding carboxylic acids is 2. The lowest BCUT2D eigenvalue weighted by Crippen LogP contribution is -2.44. The zero-order valence-corrected chi connectivity index (χ0v) is 11.6. The minimum Gasteiger partial charge on any atom is -0.497 e. The molecule has 2 amide bonds. The molecule has 1 aromatic carbocycles. The van der Waals surface area contributed by atoms with Crippen molar-refractivity contribution < 1.29 is 29.0 Å². The predicted octanol–water partition coefficient (Wildman–Crippen LogP) is 0.833. The molecule has 8 heteroatoms. The standard InChI is InChI=1S/C13H16N2O6/c1-20-9-5-3-4-8(6-9)14-13(19)15-10(12(17)18)7-11(16)21-2/h3-6,10H,7H2,1-2H3,(H,17,18)(H2,14,15,19)/t10-/m0/s1. The molecule has 0 aliphatic heterocycles. The Morgan fingerprint density at radius 2 is 2.00 bits per heavy atom. The molecule has 8 nitrogen and oxygen atoms in total. The van der Waals surface area contributed by atoms with Gasteiger partial charge in [0, 0.05) is 11.8 Å². The second-order valence-electron chi connectivity index (χ2n) is 4.00. The summed E-state index contributed by atoms with van der Waals surface area (Å²) in [5.74, 6) is -1.53. The highest BCUT2D eigenvalue weighted by molar-refractivity contribution is 5.93. The average Bonchev–Trinajstić information content (AvgIpc) is 2.46. The Morgan fingerprint density at radius 1 is 1.29 bits per heavy atom. The number of carbonyl (C=O) groups is 3. The van der Waals surface area contributed by atoms with E-state index in [1.165, 1.54) is 7.11 Å². The molecule has 1 atom stereocenters. The zero-order chi connectivity index (χ0) is 15.8. The van der Waals surface area contributed by atoms with Crippen molar-refractivity contribution in [2.45, 2.75) is 12.5 Å². The number of hydrogen-bond acceptors (Lipinski definition) is 5. The van der Waals surface area contributed by atoms with Gasteiger partial charge in [-0.1, -0.05) is 6.07 Å². The molecule has 0 saturated heterocycles. The second kappa shape index (κ2) is 7.73. The molecule has 0 heterocycles.